The largest absolute Gasteiger partial charge is 0.496 e. The fraction of sp³-hybridized carbons (Fsp3) is 0.250. The molecule has 0 saturated heterocycles. The summed E-state index contributed by atoms with van der Waals surface area (Å²) in [7, 11) is 3.46. The molecule has 4 nitrogen and oxygen atoms in total. The van der Waals surface area contributed by atoms with Crippen molar-refractivity contribution in [2.45, 2.75) is 6.92 Å². The maximum atomic E-state index is 6.11. The van der Waals surface area contributed by atoms with E-state index in [-0.39, 0.29) is 0 Å². The molecule has 0 unspecified atom stereocenters. The molecule has 0 amide bonds. The summed E-state index contributed by atoms with van der Waals surface area (Å²) in [5, 5.41) is 4.82. The molecule has 0 bridgehead atoms. The lowest BCUT2D eigenvalue weighted by atomic mass is 10.1. The first-order chi connectivity index (χ1) is 8.45. The van der Waals surface area contributed by atoms with Crippen molar-refractivity contribution in [1.82, 2.24) is 9.78 Å². The van der Waals surface area contributed by atoms with E-state index in [1.165, 1.54) is 0 Å². The molecule has 1 aromatic heterocycles. The van der Waals surface area contributed by atoms with E-state index in [1.54, 1.807) is 11.8 Å². The van der Waals surface area contributed by atoms with E-state index >= 15 is 0 Å². The third-order valence-electron chi connectivity index (χ3n) is 2.71. The van der Waals surface area contributed by atoms with Gasteiger partial charge in [-0.05, 0) is 40.5 Å². The number of benzene rings is 1. The van der Waals surface area contributed by atoms with E-state index in [4.69, 9.17) is 22.1 Å². The minimum Gasteiger partial charge on any atom is -0.496 e. The highest BCUT2D eigenvalue weighted by molar-refractivity contribution is 9.10. The number of aromatic nitrogens is 2. The molecule has 1 heterocycles. The van der Waals surface area contributed by atoms with Crippen LogP contribution in [-0.2, 0) is 7.05 Å². The van der Waals surface area contributed by atoms with Gasteiger partial charge >= 0.3 is 0 Å². The van der Waals surface area contributed by atoms with Crippen molar-refractivity contribution in [2.75, 3.05) is 12.8 Å². The van der Waals surface area contributed by atoms with Crippen LogP contribution in [0.2, 0.25) is 5.02 Å². The van der Waals surface area contributed by atoms with Gasteiger partial charge in [0.1, 0.15) is 5.75 Å². The van der Waals surface area contributed by atoms with Crippen molar-refractivity contribution < 1.29 is 4.74 Å². The number of nitrogens with two attached hydrogens (primary N) is 1. The Balaban J connectivity index is 2.78. The predicted molar refractivity (Wildman–Crippen MR) is 77.1 cm³/mol. The second-order valence-corrected chi connectivity index (χ2v) is 5.20. The zero-order valence-corrected chi connectivity index (χ0v) is 12.6. The van der Waals surface area contributed by atoms with Gasteiger partial charge in [0.05, 0.1) is 17.3 Å². The van der Waals surface area contributed by atoms with Gasteiger partial charge in [-0.2, -0.15) is 5.10 Å². The summed E-state index contributed by atoms with van der Waals surface area (Å²) in [6, 6.07) is 3.70. The Hall–Kier alpha value is -1.20. The highest BCUT2D eigenvalue weighted by Gasteiger charge is 2.19. The third-order valence-corrected chi connectivity index (χ3v) is 3.71. The Kier molecular flexibility index (Phi) is 3.54. The number of hydrogen-bond acceptors (Lipinski definition) is 3. The molecule has 0 spiro atoms. The summed E-state index contributed by atoms with van der Waals surface area (Å²) >= 11 is 9.55. The summed E-state index contributed by atoms with van der Waals surface area (Å²) in [4.78, 5) is 0. The van der Waals surface area contributed by atoms with Crippen LogP contribution < -0.4 is 10.5 Å². The Labute approximate surface area is 119 Å². The van der Waals surface area contributed by atoms with Gasteiger partial charge in [0, 0.05) is 17.6 Å². The minimum atomic E-state index is 0.437. The zero-order valence-electron chi connectivity index (χ0n) is 10.3. The van der Waals surface area contributed by atoms with Crippen LogP contribution in [0.3, 0.4) is 0 Å². The van der Waals surface area contributed by atoms with Crippen molar-refractivity contribution in [1.29, 1.82) is 0 Å². The minimum absolute atomic E-state index is 0.437. The summed E-state index contributed by atoms with van der Waals surface area (Å²) in [5.41, 5.74) is 8.46. The van der Waals surface area contributed by atoms with Crippen LogP contribution >= 0.6 is 27.5 Å². The average molecular weight is 331 g/mol. The van der Waals surface area contributed by atoms with Gasteiger partial charge in [0.2, 0.25) is 0 Å². The second-order valence-electron chi connectivity index (χ2n) is 3.97. The van der Waals surface area contributed by atoms with Gasteiger partial charge < -0.3 is 10.5 Å². The van der Waals surface area contributed by atoms with E-state index in [9.17, 15) is 0 Å². The van der Waals surface area contributed by atoms with E-state index < -0.39 is 0 Å². The number of methoxy groups -OCH3 is 1. The lowest BCUT2D eigenvalue weighted by Crippen LogP contribution is -1.98. The van der Waals surface area contributed by atoms with Crippen molar-refractivity contribution in [3.05, 3.63) is 27.2 Å². The molecule has 1 aromatic carbocycles. The number of aryl methyl sites for hydroxylation is 2. The Morgan fingerprint density at radius 2 is 2.11 bits per heavy atom. The average Bonchev–Trinajstić information content (AvgIpc) is 2.52. The van der Waals surface area contributed by atoms with Crippen LogP contribution in [0.25, 0.3) is 11.3 Å². The van der Waals surface area contributed by atoms with Crippen LogP contribution in [-0.4, -0.2) is 16.9 Å². The number of nitrogens with zero attached hydrogens (tertiary/aromatic N) is 2. The maximum Gasteiger partial charge on any atom is 0.160 e. The zero-order chi connectivity index (χ0) is 13.4. The number of halogens is 2. The molecule has 6 heteroatoms. The molecule has 0 radical (unpaired) electrons. The lowest BCUT2D eigenvalue weighted by Gasteiger charge is -2.12. The molecular formula is C12H13BrClN3O. The topological polar surface area (TPSA) is 53.1 Å². The number of ether oxygens (including phenoxy) is 1. The molecule has 0 aliphatic rings. The Morgan fingerprint density at radius 3 is 2.61 bits per heavy atom. The monoisotopic (exact) mass is 329 g/mol. The molecule has 96 valence electrons. The summed E-state index contributed by atoms with van der Waals surface area (Å²) in [5.74, 6) is 1.20. The summed E-state index contributed by atoms with van der Waals surface area (Å²) in [6.45, 7) is 1.95. The molecule has 0 aliphatic carbocycles. The first kappa shape index (κ1) is 13.2. The second kappa shape index (κ2) is 4.82. The lowest BCUT2D eigenvalue weighted by molar-refractivity contribution is 0.413. The smallest absolute Gasteiger partial charge is 0.160 e. The van der Waals surface area contributed by atoms with Gasteiger partial charge in [-0.15, -0.1) is 0 Å². The molecule has 2 aromatic rings. The van der Waals surface area contributed by atoms with E-state index in [0.717, 1.165) is 27.0 Å². The number of anilines is 1. The van der Waals surface area contributed by atoms with E-state index in [1.807, 2.05) is 26.1 Å². The van der Waals surface area contributed by atoms with Crippen molar-refractivity contribution in [3.63, 3.8) is 0 Å². The highest BCUT2D eigenvalue weighted by Crippen LogP contribution is 2.40. The normalized spacial score (nSPS) is 10.7. The number of hydrogen-bond donors (Lipinski definition) is 1. The van der Waals surface area contributed by atoms with E-state index in [2.05, 4.69) is 21.0 Å². The molecule has 2 N–H and O–H groups in total. The maximum absolute atomic E-state index is 6.11. The first-order valence-electron chi connectivity index (χ1n) is 5.28. The van der Waals surface area contributed by atoms with Gasteiger partial charge in [-0.3, -0.25) is 4.68 Å². The highest BCUT2D eigenvalue weighted by atomic mass is 79.9. The van der Waals surface area contributed by atoms with Crippen LogP contribution in [0.5, 0.6) is 5.75 Å². The fourth-order valence-corrected chi connectivity index (χ4v) is 2.81. The SMILES string of the molecule is COc1c(C)cc(Cl)cc1-c1c(Br)c(N)nn1C. The molecule has 2 rings (SSSR count). The van der Waals surface area contributed by atoms with Crippen molar-refractivity contribution in [2.24, 2.45) is 7.05 Å². The summed E-state index contributed by atoms with van der Waals surface area (Å²) < 4.78 is 7.89. The van der Waals surface area contributed by atoms with Crippen LogP contribution in [0, 0.1) is 6.92 Å². The quantitative estimate of drug-likeness (QED) is 0.918. The molecule has 0 atom stereocenters. The summed E-state index contributed by atoms with van der Waals surface area (Å²) in [6.07, 6.45) is 0. The standard InChI is InChI=1S/C12H13BrClN3O/c1-6-4-7(14)5-8(11(6)18-3)10-9(13)12(15)16-17(10)2/h4-5H,1-3H3,(H2,15,16). The van der Waals surface area contributed by atoms with Gasteiger partial charge in [0.25, 0.3) is 0 Å². The molecule has 0 fully saturated rings. The molecule has 0 saturated carbocycles. The van der Waals surface area contributed by atoms with Crippen molar-refractivity contribution in [3.8, 4) is 17.0 Å². The van der Waals surface area contributed by atoms with Crippen LogP contribution in [0.1, 0.15) is 5.56 Å². The van der Waals surface area contributed by atoms with Gasteiger partial charge in [0.15, 0.2) is 5.82 Å². The van der Waals surface area contributed by atoms with E-state index in [0.29, 0.717) is 10.8 Å². The predicted octanol–water partition coefficient (Wildman–Crippen LogP) is 3.40. The fourth-order valence-electron chi connectivity index (χ4n) is 1.99. The Morgan fingerprint density at radius 1 is 1.44 bits per heavy atom. The van der Waals surface area contributed by atoms with Crippen molar-refractivity contribution >= 4 is 33.3 Å². The third kappa shape index (κ3) is 2.08. The van der Waals surface area contributed by atoms with Crippen LogP contribution in [0.4, 0.5) is 5.82 Å². The first-order valence-corrected chi connectivity index (χ1v) is 6.45. The van der Waals surface area contributed by atoms with Crippen LogP contribution in [0.15, 0.2) is 16.6 Å². The molecule has 0 aliphatic heterocycles. The Bertz CT molecular complexity index is 610. The van der Waals surface area contributed by atoms with Gasteiger partial charge in [-0.25, -0.2) is 0 Å². The van der Waals surface area contributed by atoms with Gasteiger partial charge in [-0.1, -0.05) is 11.6 Å². The number of nitrogen functional groups attached to an aromatic ring is 1. The number of rotatable bonds is 2. The molecule has 18 heavy (non-hydrogen) atoms. The molecular weight excluding hydrogens is 318 g/mol.